The first-order chi connectivity index (χ1) is 9.40. The summed E-state index contributed by atoms with van der Waals surface area (Å²) < 4.78 is 32.8. The van der Waals surface area contributed by atoms with Crippen molar-refractivity contribution in [1.82, 2.24) is 4.72 Å². The molecule has 0 radical (unpaired) electrons. The molecule has 0 aliphatic carbocycles. The Morgan fingerprint density at radius 3 is 2.60 bits per heavy atom. The number of anilines is 1. The van der Waals surface area contributed by atoms with E-state index in [9.17, 15) is 8.42 Å². The number of aryl methyl sites for hydroxylation is 1. The van der Waals surface area contributed by atoms with Gasteiger partial charge in [-0.05, 0) is 55.9 Å². The summed E-state index contributed by atoms with van der Waals surface area (Å²) in [5, 5.41) is 0. The Balaban J connectivity index is 2.14. The van der Waals surface area contributed by atoms with Crippen LogP contribution < -0.4 is 10.5 Å². The fourth-order valence-electron chi connectivity index (χ4n) is 2.39. The SMILES string of the molecule is Cc1cc(N)c(C)c(S(=O)(=O)NCC2CCOCC2)c1. The van der Waals surface area contributed by atoms with Crippen molar-refractivity contribution < 1.29 is 13.2 Å². The minimum absolute atomic E-state index is 0.280. The van der Waals surface area contributed by atoms with Gasteiger partial charge in [-0.15, -0.1) is 0 Å². The van der Waals surface area contributed by atoms with Crippen molar-refractivity contribution in [3.8, 4) is 0 Å². The van der Waals surface area contributed by atoms with Gasteiger partial charge >= 0.3 is 0 Å². The standard InChI is InChI=1S/C14H22N2O3S/c1-10-7-13(15)11(2)14(8-10)20(17,18)16-9-12-3-5-19-6-4-12/h7-8,12,16H,3-6,9,15H2,1-2H3. The second kappa shape index (κ2) is 6.11. The van der Waals surface area contributed by atoms with E-state index in [1.54, 1.807) is 19.1 Å². The number of benzene rings is 1. The fourth-order valence-corrected chi connectivity index (χ4v) is 3.86. The number of sulfonamides is 1. The molecule has 0 spiro atoms. The Morgan fingerprint density at radius 1 is 1.30 bits per heavy atom. The van der Waals surface area contributed by atoms with Gasteiger partial charge in [0.2, 0.25) is 10.0 Å². The first-order valence-corrected chi connectivity index (χ1v) is 8.32. The summed E-state index contributed by atoms with van der Waals surface area (Å²) in [5.74, 6) is 0.348. The highest BCUT2D eigenvalue weighted by Gasteiger charge is 2.21. The highest BCUT2D eigenvalue weighted by molar-refractivity contribution is 7.89. The second-order valence-corrected chi connectivity index (χ2v) is 7.12. The number of rotatable bonds is 4. The summed E-state index contributed by atoms with van der Waals surface area (Å²) in [7, 11) is -3.51. The van der Waals surface area contributed by atoms with Gasteiger partial charge in [0.05, 0.1) is 4.90 Å². The number of hydrogen-bond acceptors (Lipinski definition) is 4. The average Bonchev–Trinajstić information content (AvgIpc) is 2.42. The van der Waals surface area contributed by atoms with Crippen molar-refractivity contribution in [2.24, 2.45) is 5.92 Å². The van der Waals surface area contributed by atoms with Crippen LogP contribution in [0.3, 0.4) is 0 Å². The number of nitrogen functional groups attached to an aromatic ring is 1. The minimum atomic E-state index is -3.51. The predicted octanol–water partition coefficient (Wildman–Crippen LogP) is 1.59. The molecule has 3 N–H and O–H groups in total. The van der Waals surface area contributed by atoms with Crippen LogP contribution in [0, 0.1) is 19.8 Å². The molecule has 0 atom stereocenters. The van der Waals surface area contributed by atoms with Gasteiger partial charge in [0.25, 0.3) is 0 Å². The van der Waals surface area contributed by atoms with Crippen LogP contribution in [0.2, 0.25) is 0 Å². The third-order valence-corrected chi connectivity index (χ3v) is 5.29. The van der Waals surface area contributed by atoms with Gasteiger partial charge in [0.15, 0.2) is 0 Å². The number of nitrogens with one attached hydrogen (secondary N) is 1. The normalized spacial score (nSPS) is 17.3. The smallest absolute Gasteiger partial charge is 0.240 e. The molecule has 1 aliphatic rings. The van der Waals surface area contributed by atoms with Crippen LogP contribution in [0.15, 0.2) is 17.0 Å². The van der Waals surface area contributed by atoms with Crippen molar-refractivity contribution >= 4 is 15.7 Å². The maximum Gasteiger partial charge on any atom is 0.240 e. The third kappa shape index (κ3) is 3.50. The summed E-state index contributed by atoms with van der Waals surface area (Å²) in [5.41, 5.74) is 7.81. The molecule has 5 nitrogen and oxygen atoms in total. The Morgan fingerprint density at radius 2 is 1.95 bits per heavy atom. The maximum absolute atomic E-state index is 12.4. The third-order valence-electron chi connectivity index (χ3n) is 3.74. The van der Waals surface area contributed by atoms with Crippen molar-refractivity contribution in [2.45, 2.75) is 31.6 Å². The minimum Gasteiger partial charge on any atom is -0.398 e. The lowest BCUT2D eigenvalue weighted by atomic mass is 10.0. The molecule has 0 unspecified atom stereocenters. The summed E-state index contributed by atoms with van der Waals surface area (Å²) in [4.78, 5) is 0.280. The van der Waals surface area contributed by atoms with Crippen molar-refractivity contribution in [2.75, 3.05) is 25.5 Å². The zero-order valence-electron chi connectivity index (χ0n) is 12.0. The van der Waals surface area contributed by atoms with Gasteiger partial charge < -0.3 is 10.5 Å². The molecule has 20 heavy (non-hydrogen) atoms. The maximum atomic E-state index is 12.4. The van der Waals surface area contributed by atoms with Gasteiger partial charge in [-0.25, -0.2) is 13.1 Å². The molecule has 1 saturated heterocycles. The Bertz CT molecular complexity index is 578. The number of hydrogen-bond donors (Lipinski definition) is 2. The van der Waals surface area contributed by atoms with Gasteiger partial charge in [-0.1, -0.05) is 0 Å². The Labute approximate surface area is 120 Å². The monoisotopic (exact) mass is 298 g/mol. The van der Waals surface area contributed by atoms with Gasteiger partial charge in [0, 0.05) is 25.4 Å². The quantitative estimate of drug-likeness (QED) is 0.827. The van der Waals surface area contributed by atoms with Crippen LogP contribution in [-0.2, 0) is 14.8 Å². The average molecular weight is 298 g/mol. The molecule has 0 bridgehead atoms. The second-order valence-electron chi connectivity index (χ2n) is 5.38. The molecule has 1 aliphatic heterocycles. The highest BCUT2D eigenvalue weighted by Crippen LogP contribution is 2.23. The van der Waals surface area contributed by atoms with Crippen LogP contribution in [-0.4, -0.2) is 28.2 Å². The molecule has 1 aromatic carbocycles. The van der Waals surface area contributed by atoms with Crippen LogP contribution in [0.4, 0.5) is 5.69 Å². The molecule has 2 rings (SSSR count). The first kappa shape index (κ1) is 15.3. The number of nitrogens with two attached hydrogens (primary N) is 1. The van der Waals surface area contributed by atoms with E-state index in [2.05, 4.69) is 4.72 Å². The van der Waals surface area contributed by atoms with Crippen LogP contribution in [0.5, 0.6) is 0 Å². The van der Waals surface area contributed by atoms with Crippen LogP contribution in [0.1, 0.15) is 24.0 Å². The van der Waals surface area contributed by atoms with E-state index < -0.39 is 10.0 Å². The summed E-state index contributed by atoms with van der Waals surface area (Å²) in [6.07, 6.45) is 1.80. The summed E-state index contributed by atoms with van der Waals surface area (Å²) in [6, 6.07) is 3.45. The number of ether oxygens (including phenoxy) is 1. The van der Waals surface area contributed by atoms with Gasteiger partial charge in [0.1, 0.15) is 0 Å². The van der Waals surface area contributed by atoms with Gasteiger partial charge in [-0.2, -0.15) is 0 Å². The predicted molar refractivity (Wildman–Crippen MR) is 79.1 cm³/mol. The summed E-state index contributed by atoms with van der Waals surface area (Å²) >= 11 is 0. The molecule has 0 saturated carbocycles. The van der Waals surface area contributed by atoms with Crippen LogP contribution in [0.25, 0.3) is 0 Å². The Hall–Kier alpha value is -1.11. The highest BCUT2D eigenvalue weighted by atomic mass is 32.2. The van der Waals surface area contributed by atoms with E-state index in [0.717, 1.165) is 18.4 Å². The topological polar surface area (TPSA) is 81.4 Å². The van der Waals surface area contributed by atoms with Crippen molar-refractivity contribution in [3.63, 3.8) is 0 Å². The van der Waals surface area contributed by atoms with Crippen LogP contribution >= 0.6 is 0 Å². The molecular weight excluding hydrogens is 276 g/mol. The van der Waals surface area contributed by atoms with E-state index in [4.69, 9.17) is 10.5 Å². The van der Waals surface area contributed by atoms with E-state index in [0.29, 0.717) is 36.9 Å². The van der Waals surface area contributed by atoms with Crippen molar-refractivity contribution in [1.29, 1.82) is 0 Å². The van der Waals surface area contributed by atoms with Crippen molar-refractivity contribution in [3.05, 3.63) is 23.3 Å². The molecule has 0 aromatic heterocycles. The molecule has 0 amide bonds. The first-order valence-electron chi connectivity index (χ1n) is 6.84. The zero-order chi connectivity index (χ0) is 14.8. The lowest BCUT2D eigenvalue weighted by Gasteiger charge is -2.22. The Kier molecular flexibility index (Phi) is 4.67. The van der Waals surface area contributed by atoms with E-state index in [1.165, 1.54) is 0 Å². The molecular formula is C14H22N2O3S. The molecule has 6 heteroatoms. The molecule has 1 aromatic rings. The summed E-state index contributed by atoms with van der Waals surface area (Å²) in [6.45, 7) is 5.45. The van der Waals surface area contributed by atoms with Gasteiger partial charge in [-0.3, -0.25) is 0 Å². The lowest BCUT2D eigenvalue weighted by molar-refractivity contribution is 0.0678. The zero-order valence-corrected chi connectivity index (χ0v) is 12.8. The van der Waals surface area contributed by atoms with E-state index >= 15 is 0 Å². The molecule has 1 heterocycles. The van der Waals surface area contributed by atoms with E-state index in [1.807, 2.05) is 6.92 Å². The lowest BCUT2D eigenvalue weighted by Crippen LogP contribution is -2.32. The fraction of sp³-hybridized carbons (Fsp3) is 0.571. The molecule has 112 valence electrons. The molecule has 1 fully saturated rings. The van der Waals surface area contributed by atoms with E-state index in [-0.39, 0.29) is 4.90 Å². The largest absolute Gasteiger partial charge is 0.398 e.